The van der Waals surface area contributed by atoms with Gasteiger partial charge in [0, 0.05) is 17.5 Å². The van der Waals surface area contributed by atoms with Gasteiger partial charge in [-0.2, -0.15) is 0 Å². The second-order valence-corrected chi connectivity index (χ2v) is 14.7. The summed E-state index contributed by atoms with van der Waals surface area (Å²) in [6, 6.07) is 22.9. The van der Waals surface area contributed by atoms with E-state index in [9.17, 15) is 24.6 Å². The van der Waals surface area contributed by atoms with Gasteiger partial charge >= 0.3 is 47.6 Å². The number of aromatic hydroxyl groups is 2. The third-order valence-electron chi connectivity index (χ3n) is 7.52. The van der Waals surface area contributed by atoms with Crippen LogP contribution in [0.15, 0.2) is 134 Å². The molecule has 0 spiro atoms. The van der Waals surface area contributed by atoms with Crippen LogP contribution in [0.1, 0.15) is 47.5 Å². The molecule has 0 aromatic heterocycles. The Morgan fingerprint density at radius 1 is 0.877 bits per heavy atom. The SMILES string of the molecule is C=CC(=C)C.C=CC(=C)C[C@@H](O)C(=O)OCC.CC1=CCO[C@@H](C)C1.CCOC(=O)C=O.Oc1ccc2ccccc2c1-c1c(O)ccc2ccccc12.[Cl][Ti][Cl]. The topological polar surface area (TPSA) is 140 Å². The van der Waals surface area contributed by atoms with Crippen molar-refractivity contribution in [3.05, 3.63) is 134 Å². The Bertz CT molecular complexity index is 1860. The number of phenolic OH excluding ortho intramolecular Hbond substituents is 2. The Labute approximate surface area is 353 Å². The zero-order valence-electron chi connectivity index (χ0n) is 33.3. The number of hydrogen-bond acceptors (Lipinski definition) is 9. The van der Waals surface area contributed by atoms with Gasteiger partial charge in [0.25, 0.3) is 0 Å². The fraction of sp³-hybridized carbons (Fsp3) is 0.267. The summed E-state index contributed by atoms with van der Waals surface area (Å²) in [5.74, 6) is -1.07. The summed E-state index contributed by atoms with van der Waals surface area (Å²) in [6.07, 6.45) is 6.13. The van der Waals surface area contributed by atoms with Crippen LogP contribution in [0.3, 0.4) is 0 Å². The van der Waals surface area contributed by atoms with Gasteiger partial charge in [-0.25, -0.2) is 9.59 Å². The number of allylic oxidation sites excluding steroid dienone is 3. The number of hydrogen-bond donors (Lipinski definition) is 3. The Morgan fingerprint density at radius 3 is 1.67 bits per heavy atom. The van der Waals surface area contributed by atoms with E-state index in [0.717, 1.165) is 40.1 Å². The zero-order chi connectivity index (χ0) is 43.3. The molecule has 1 aliphatic rings. The van der Waals surface area contributed by atoms with Crippen LogP contribution in [0.2, 0.25) is 0 Å². The molecular formula is C45H54Cl2O9Ti. The molecule has 2 atom stereocenters. The molecule has 57 heavy (non-hydrogen) atoms. The van der Waals surface area contributed by atoms with Gasteiger partial charge in [-0.05, 0) is 74.7 Å². The van der Waals surface area contributed by atoms with Crippen LogP contribution in [0.4, 0.5) is 0 Å². The molecule has 0 saturated heterocycles. The Kier molecular flexibility index (Phi) is 28.2. The van der Waals surface area contributed by atoms with E-state index in [1.54, 1.807) is 32.1 Å². The number of carbonyl (C=O) groups excluding carboxylic acids is 3. The first kappa shape index (κ1) is 52.5. The van der Waals surface area contributed by atoms with Gasteiger partial charge in [0.05, 0.1) is 25.9 Å². The standard InChI is InChI=1S/C20H14O2.C9H14O3.C7H12O.C5H8.C4H6O3.2ClH.Ti/c21-17-11-9-13-5-1-3-7-15(13)19(17)20-16-8-4-2-6-14(16)10-12-18(20)22;1-4-7(3)6-8(10)9(11)12-5-2;1-6-3-4-8-7(2)5-6;1-4-5(2)3;1-2-7-4(6)3-5;;;/h1-12,21-22H;4,8,10H,1,3,5-6H2,2H3;3,7H,4-5H2,1-2H3;4H,1-2H2,3H3;3H,2H2,1H3;2*1H;/q;;;;;;;+2/p-2/t;8-;7-;;;;;/m.10...../s1. The molecule has 1 heterocycles. The number of aliphatic hydroxyl groups is 1. The Morgan fingerprint density at radius 2 is 1.33 bits per heavy atom. The van der Waals surface area contributed by atoms with E-state index < -0.39 is 35.1 Å². The average molecular weight is 858 g/mol. The zero-order valence-corrected chi connectivity index (χ0v) is 36.4. The third-order valence-corrected chi connectivity index (χ3v) is 7.52. The minimum absolute atomic E-state index is 0.142. The molecule has 0 saturated carbocycles. The first-order valence-corrected chi connectivity index (χ1v) is 22.2. The van der Waals surface area contributed by atoms with Crippen LogP contribution in [0.25, 0.3) is 32.7 Å². The van der Waals surface area contributed by atoms with Crippen molar-refractivity contribution < 1.29 is 60.9 Å². The summed E-state index contributed by atoms with van der Waals surface area (Å²) in [4.78, 5) is 30.1. The van der Waals surface area contributed by atoms with Crippen LogP contribution in [0.5, 0.6) is 11.5 Å². The van der Waals surface area contributed by atoms with Crippen molar-refractivity contribution in [2.24, 2.45) is 0 Å². The maximum absolute atomic E-state index is 10.8. The summed E-state index contributed by atoms with van der Waals surface area (Å²) >= 11 is -0.556. The van der Waals surface area contributed by atoms with Crippen molar-refractivity contribution in [2.75, 3.05) is 19.8 Å². The van der Waals surface area contributed by atoms with E-state index in [0.29, 0.717) is 22.8 Å². The van der Waals surface area contributed by atoms with Gasteiger partial charge in [0.2, 0.25) is 6.29 Å². The normalized spacial score (nSPS) is 12.7. The third kappa shape index (κ3) is 21.0. The van der Waals surface area contributed by atoms with Gasteiger partial charge in [0.15, 0.2) is 6.10 Å². The predicted octanol–water partition coefficient (Wildman–Crippen LogP) is 10.7. The predicted molar refractivity (Wildman–Crippen MR) is 230 cm³/mol. The second-order valence-electron chi connectivity index (χ2n) is 12.1. The van der Waals surface area contributed by atoms with Crippen molar-refractivity contribution in [3.63, 3.8) is 0 Å². The quantitative estimate of drug-likeness (QED) is 0.0375. The number of fused-ring (bicyclic) bond motifs is 2. The summed E-state index contributed by atoms with van der Waals surface area (Å²) in [5.41, 5.74) is 4.45. The number of esters is 2. The van der Waals surface area contributed by atoms with E-state index in [-0.39, 0.29) is 37.4 Å². The molecule has 0 amide bonds. The van der Waals surface area contributed by atoms with Gasteiger partial charge in [-0.1, -0.05) is 122 Å². The van der Waals surface area contributed by atoms with Crippen LogP contribution >= 0.6 is 18.6 Å². The van der Waals surface area contributed by atoms with Crippen molar-refractivity contribution in [1.82, 2.24) is 0 Å². The molecular weight excluding hydrogens is 803 g/mol. The summed E-state index contributed by atoms with van der Waals surface area (Å²) < 4.78 is 14.0. The van der Waals surface area contributed by atoms with Crippen molar-refractivity contribution in [1.29, 1.82) is 0 Å². The molecule has 4 aromatic carbocycles. The number of aliphatic hydroxyl groups excluding tert-OH is 1. The molecule has 0 bridgehead atoms. The maximum atomic E-state index is 10.8. The molecule has 1 aliphatic heterocycles. The molecule has 0 fully saturated rings. The fourth-order valence-electron chi connectivity index (χ4n) is 4.83. The summed E-state index contributed by atoms with van der Waals surface area (Å²) in [6.45, 7) is 24.9. The van der Waals surface area contributed by atoms with Gasteiger partial charge in [-0.15, -0.1) is 0 Å². The molecule has 0 radical (unpaired) electrons. The van der Waals surface area contributed by atoms with Crippen molar-refractivity contribution >= 4 is 58.4 Å². The van der Waals surface area contributed by atoms with Crippen LogP contribution in [0, 0.1) is 0 Å². The number of halogens is 2. The summed E-state index contributed by atoms with van der Waals surface area (Å²) in [7, 11) is 9.78. The molecule has 4 aromatic rings. The van der Waals surface area contributed by atoms with Gasteiger partial charge in [-0.3, -0.25) is 4.79 Å². The monoisotopic (exact) mass is 856 g/mol. The molecule has 306 valence electrons. The van der Waals surface area contributed by atoms with Crippen LogP contribution < -0.4 is 0 Å². The Balaban J connectivity index is 0.000000759. The van der Waals surface area contributed by atoms with Gasteiger partial charge in [0.1, 0.15) is 11.5 Å². The Hall–Kier alpha value is -4.48. The van der Waals surface area contributed by atoms with Crippen LogP contribution in [-0.4, -0.2) is 65.6 Å². The van der Waals surface area contributed by atoms with E-state index >= 15 is 0 Å². The number of rotatable bonds is 9. The second kappa shape index (κ2) is 30.6. The molecule has 3 N–H and O–H groups in total. The first-order valence-electron chi connectivity index (χ1n) is 17.9. The van der Waals surface area contributed by atoms with Crippen molar-refractivity contribution in [3.8, 4) is 22.6 Å². The minimum atomic E-state index is -1.12. The number of ether oxygens (including phenoxy) is 3. The van der Waals surface area contributed by atoms with Crippen LogP contribution in [-0.2, 0) is 45.6 Å². The molecule has 12 heteroatoms. The number of carbonyl (C=O) groups is 3. The number of phenols is 2. The molecule has 9 nitrogen and oxygen atoms in total. The van der Waals surface area contributed by atoms with Gasteiger partial charge < -0.3 is 29.5 Å². The first-order chi connectivity index (χ1) is 27.1. The average Bonchev–Trinajstić information content (AvgIpc) is 3.19. The fourth-order valence-corrected chi connectivity index (χ4v) is 4.83. The molecule has 5 rings (SSSR count). The van der Waals surface area contributed by atoms with E-state index in [1.165, 1.54) is 11.6 Å². The number of aldehydes is 1. The molecule has 0 unspecified atom stereocenters. The van der Waals surface area contributed by atoms with Crippen molar-refractivity contribution in [2.45, 2.75) is 59.7 Å². The van der Waals surface area contributed by atoms with E-state index in [4.69, 9.17) is 28.5 Å². The van der Waals surface area contributed by atoms with E-state index in [1.807, 2.05) is 67.6 Å². The van der Waals surface area contributed by atoms with E-state index in [2.05, 4.69) is 55.7 Å². The summed E-state index contributed by atoms with van der Waals surface area (Å²) in [5, 5.41) is 33.9. The number of benzene rings is 4. The molecule has 0 aliphatic carbocycles.